The Balaban J connectivity index is 1.81. The van der Waals surface area contributed by atoms with Crippen molar-refractivity contribution in [3.63, 3.8) is 0 Å². The van der Waals surface area contributed by atoms with E-state index < -0.39 is 0 Å². The molecule has 1 amide bonds. The standard InChI is InChI=1S/C17H16N2O4/c1-21-16-14(11(18)8-13-15(16)23-9-22-13)17(20)19-7-6-10-4-2-3-5-12(10)19/h2-5,8H,6-7,9,18H2,1H3. The molecule has 0 bridgehead atoms. The maximum absolute atomic E-state index is 13.1. The van der Waals surface area contributed by atoms with Gasteiger partial charge in [0.25, 0.3) is 5.91 Å². The minimum Gasteiger partial charge on any atom is -0.492 e. The molecule has 0 aliphatic carbocycles. The first kappa shape index (κ1) is 13.8. The van der Waals surface area contributed by atoms with Crippen LogP contribution in [0.1, 0.15) is 15.9 Å². The molecular formula is C17H16N2O4. The number of nitrogen functional groups attached to an aromatic ring is 1. The molecule has 0 unspecified atom stereocenters. The van der Waals surface area contributed by atoms with Gasteiger partial charge in [0.05, 0.1) is 12.8 Å². The molecule has 0 saturated heterocycles. The van der Waals surface area contributed by atoms with Crippen molar-refractivity contribution in [3.05, 3.63) is 41.5 Å². The zero-order valence-corrected chi connectivity index (χ0v) is 12.7. The summed E-state index contributed by atoms with van der Waals surface area (Å²) in [7, 11) is 1.49. The number of ether oxygens (including phenoxy) is 3. The lowest BCUT2D eigenvalue weighted by atomic mass is 10.1. The molecule has 0 saturated carbocycles. The fraction of sp³-hybridized carbons (Fsp3) is 0.235. The molecule has 23 heavy (non-hydrogen) atoms. The fourth-order valence-electron chi connectivity index (χ4n) is 3.13. The number of methoxy groups -OCH3 is 1. The average Bonchev–Trinajstić information content (AvgIpc) is 3.19. The lowest BCUT2D eigenvalue weighted by Gasteiger charge is -2.20. The predicted octanol–water partition coefficient (Wildman–Crippen LogP) is 2.21. The van der Waals surface area contributed by atoms with E-state index in [9.17, 15) is 4.79 Å². The van der Waals surface area contributed by atoms with Crippen molar-refractivity contribution >= 4 is 17.3 Å². The highest BCUT2D eigenvalue weighted by Gasteiger charge is 2.33. The van der Waals surface area contributed by atoms with Gasteiger partial charge in [-0.25, -0.2) is 0 Å². The summed E-state index contributed by atoms with van der Waals surface area (Å²) in [4.78, 5) is 14.8. The van der Waals surface area contributed by atoms with Crippen LogP contribution in [0.4, 0.5) is 11.4 Å². The molecule has 2 aliphatic heterocycles. The number of amides is 1. The summed E-state index contributed by atoms with van der Waals surface area (Å²) in [5.41, 5.74) is 8.79. The van der Waals surface area contributed by atoms with Gasteiger partial charge >= 0.3 is 0 Å². The van der Waals surface area contributed by atoms with Crippen LogP contribution in [-0.4, -0.2) is 26.4 Å². The zero-order valence-electron chi connectivity index (χ0n) is 12.7. The second-order valence-electron chi connectivity index (χ2n) is 5.44. The highest BCUT2D eigenvalue weighted by Crippen LogP contribution is 2.47. The Hall–Kier alpha value is -2.89. The third kappa shape index (κ3) is 1.98. The molecule has 2 N–H and O–H groups in total. The second-order valence-corrected chi connectivity index (χ2v) is 5.44. The van der Waals surface area contributed by atoms with Crippen molar-refractivity contribution in [2.75, 3.05) is 31.1 Å². The van der Waals surface area contributed by atoms with Crippen LogP contribution >= 0.6 is 0 Å². The maximum Gasteiger partial charge on any atom is 0.264 e. The van der Waals surface area contributed by atoms with Crippen LogP contribution in [0.3, 0.4) is 0 Å². The van der Waals surface area contributed by atoms with Gasteiger partial charge in [-0.05, 0) is 18.1 Å². The number of fused-ring (bicyclic) bond motifs is 2. The average molecular weight is 312 g/mol. The van der Waals surface area contributed by atoms with Gasteiger partial charge in [-0.2, -0.15) is 0 Å². The molecule has 2 aromatic carbocycles. The molecule has 2 aromatic rings. The van der Waals surface area contributed by atoms with Crippen LogP contribution in [0, 0.1) is 0 Å². The largest absolute Gasteiger partial charge is 0.492 e. The van der Waals surface area contributed by atoms with Crippen molar-refractivity contribution in [2.45, 2.75) is 6.42 Å². The number of nitrogens with two attached hydrogens (primary N) is 1. The van der Waals surface area contributed by atoms with Crippen LogP contribution in [-0.2, 0) is 6.42 Å². The topological polar surface area (TPSA) is 74.0 Å². The molecular weight excluding hydrogens is 296 g/mol. The summed E-state index contributed by atoms with van der Waals surface area (Å²) in [5, 5.41) is 0. The second kappa shape index (κ2) is 5.08. The van der Waals surface area contributed by atoms with Crippen molar-refractivity contribution in [3.8, 4) is 17.2 Å². The van der Waals surface area contributed by atoms with Crippen molar-refractivity contribution < 1.29 is 19.0 Å². The third-order valence-electron chi connectivity index (χ3n) is 4.20. The summed E-state index contributed by atoms with van der Waals surface area (Å²) < 4.78 is 16.2. The van der Waals surface area contributed by atoms with Gasteiger partial charge in [0, 0.05) is 18.3 Å². The summed E-state index contributed by atoms with van der Waals surface area (Å²) in [5.74, 6) is 1.06. The van der Waals surface area contributed by atoms with Gasteiger partial charge in [-0.3, -0.25) is 4.79 Å². The van der Waals surface area contributed by atoms with E-state index in [0.29, 0.717) is 35.0 Å². The molecule has 0 fully saturated rings. The number of carbonyl (C=O) groups is 1. The Bertz CT molecular complexity index is 803. The van der Waals surface area contributed by atoms with E-state index in [0.717, 1.165) is 17.7 Å². The molecule has 2 aliphatic rings. The minimum atomic E-state index is -0.192. The minimum absolute atomic E-state index is 0.0926. The third-order valence-corrected chi connectivity index (χ3v) is 4.20. The van der Waals surface area contributed by atoms with E-state index in [1.54, 1.807) is 11.0 Å². The number of hydrogen-bond acceptors (Lipinski definition) is 5. The number of benzene rings is 2. The summed E-state index contributed by atoms with van der Waals surface area (Å²) >= 11 is 0. The highest BCUT2D eigenvalue weighted by molar-refractivity contribution is 6.13. The lowest BCUT2D eigenvalue weighted by Crippen LogP contribution is -2.30. The van der Waals surface area contributed by atoms with E-state index in [1.807, 2.05) is 24.3 Å². The van der Waals surface area contributed by atoms with E-state index in [1.165, 1.54) is 7.11 Å². The number of hydrogen-bond donors (Lipinski definition) is 1. The Morgan fingerprint density at radius 2 is 2.13 bits per heavy atom. The number of anilines is 2. The van der Waals surface area contributed by atoms with Crippen LogP contribution in [0.2, 0.25) is 0 Å². The number of rotatable bonds is 2. The molecule has 6 heteroatoms. The quantitative estimate of drug-likeness (QED) is 0.861. The van der Waals surface area contributed by atoms with E-state index in [-0.39, 0.29) is 12.7 Å². The number of para-hydroxylation sites is 1. The number of carbonyl (C=O) groups excluding carboxylic acids is 1. The fourth-order valence-corrected chi connectivity index (χ4v) is 3.13. The van der Waals surface area contributed by atoms with Gasteiger partial charge in [0.2, 0.25) is 12.5 Å². The number of nitrogens with zero attached hydrogens (tertiary/aromatic N) is 1. The monoisotopic (exact) mass is 312 g/mol. The summed E-state index contributed by atoms with van der Waals surface area (Å²) in [6, 6.07) is 9.48. The van der Waals surface area contributed by atoms with Crippen LogP contribution < -0.4 is 24.8 Å². The van der Waals surface area contributed by atoms with Crippen molar-refractivity contribution in [1.29, 1.82) is 0 Å². The lowest BCUT2D eigenvalue weighted by molar-refractivity contribution is 0.0986. The molecule has 2 heterocycles. The van der Waals surface area contributed by atoms with Gasteiger partial charge in [0.1, 0.15) is 5.56 Å². The highest BCUT2D eigenvalue weighted by atomic mass is 16.7. The van der Waals surface area contributed by atoms with Crippen LogP contribution in [0.25, 0.3) is 0 Å². The van der Waals surface area contributed by atoms with Gasteiger partial charge in [-0.1, -0.05) is 18.2 Å². The summed E-state index contributed by atoms with van der Waals surface area (Å²) in [6.45, 7) is 0.713. The molecule has 4 rings (SSSR count). The van der Waals surface area contributed by atoms with Crippen molar-refractivity contribution in [2.24, 2.45) is 0 Å². The SMILES string of the molecule is COc1c2c(cc(N)c1C(=O)N1CCc3ccccc31)OCO2. The first-order valence-electron chi connectivity index (χ1n) is 7.36. The Labute approximate surface area is 133 Å². The van der Waals surface area contributed by atoms with Gasteiger partial charge < -0.3 is 24.8 Å². The zero-order chi connectivity index (χ0) is 16.0. The van der Waals surface area contributed by atoms with E-state index in [4.69, 9.17) is 19.9 Å². The van der Waals surface area contributed by atoms with E-state index in [2.05, 4.69) is 0 Å². The Morgan fingerprint density at radius 3 is 2.96 bits per heavy atom. The molecule has 0 aromatic heterocycles. The van der Waals surface area contributed by atoms with E-state index >= 15 is 0 Å². The van der Waals surface area contributed by atoms with Gasteiger partial charge in [0.15, 0.2) is 11.5 Å². The Kier molecular flexibility index (Phi) is 3.04. The first-order chi connectivity index (χ1) is 11.2. The Morgan fingerprint density at radius 1 is 1.30 bits per heavy atom. The molecule has 0 atom stereocenters. The molecule has 0 radical (unpaired) electrons. The molecule has 118 valence electrons. The maximum atomic E-state index is 13.1. The first-order valence-corrected chi connectivity index (χ1v) is 7.36. The van der Waals surface area contributed by atoms with Gasteiger partial charge in [-0.15, -0.1) is 0 Å². The molecule has 6 nitrogen and oxygen atoms in total. The normalized spacial score (nSPS) is 14.7. The smallest absolute Gasteiger partial charge is 0.264 e. The van der Waals surface area contributed by atoms with Crippen LogP contribution in [0.15, 0.2) is 30.3 Å². The summed E-state index contributed by atoms with van der Waals surface area (Å²) in [6.07, 6.45) is 0.828. The predicted molar refractivity (Wildman–Crippen MR) is 85.4 cm³/mol. The van der Waals surface area contributed by atoms with Crippen LogP contribution in [0.5, 0.6) is 17.2 Å². The van der Waals surface area contributed by atoms with Crippen molar-refractivity contribution in [1.82, 2.24) is 0 Å². The molecule has 0 spiro atoms.